The third-order valence-corrected chi connectivity index (χ3v) is 8.13. The first-order valence-electron chi connectivity index (χ1n) is 19.0. The summed E-state index contributed by atoms with van der Waals surface area (Å²) >= 11 is 0. The Hall–Kier alpha value is -1.06. The molecule has 0 aliphatic heterocycles. The van der Waals surface area contributed by atoms with Crippen LogP contribution < -0.4 is 5.32 Å². The van der Waals surface area contributed by atoms with Crippen molar-refractivity contribution in [1.82, 2.24) is 5.32 Å². The minimum absolute atomic E-state index is 0.0104. The summed E-state index contributed by atoms with van der Waals surface area (Å²) in [5.74, 6) is 0.224. The lowest BCUT2D eigenvalue weighted by molar-refractivity contribution is -0.143. The molecule has 0 atom stereocenters. The molecule has 1 N–H and O–H groups in total. The molecular weight excluding hydrogens is 518 g/mol. The Morgan fingerprint density at radius 1 is 0.405 bits per heavy atom. The predicted octanol–water partition coefficient (Wildman–Crippen LogP) is 12.4. The van der Waals surface area contributed by atoms with Crippen LogP contribution in [0.2, 0.25) is 0 Å². The average molecular weight is 596 g/mol. The predicted molar refractivity (Wildman–Crippen MR) is 185 cm³/mol. The molecular formula is C38H77NO3. The lowest BCUT2D eigenvalue weighted by Gasteiger charge is -2.05. The van der Waals surface area contributed by atoms with Crippen molar-refractivity contribution in [3.8, 4) is 0 Å². The van der Waals surface area contributed by atoms with Gasteiger partial charge >= 0.3 is 5.97 Å². The van der Waals surface area contributed by atoms with Crippen LogP contribution in [0.1, 0.15) is 220 Å². The molecule has 0 fully saturated rings. The van der Waals surface area contributed by atoms with Crippen LogP contribution in [0.3, 0.4) is 0 Å². The molecule has 1 amide bonds. The molecule has 4 nitrogen and oxygen atoms in total. The Labute approximate surface area is 264 Å². The minimum Gasteiger partial charge on any atom is -0.466 e. The van der Waals surface area contributed by atoms with Crippen LogP contribution in [-0.4, -0.2) is 25.0 Å². The maximum atomic E-state index is 11.6. The first-order valence-corrected chi connectivity index (χ1v) is 19.0. The summed E-state index contributed by atoms with van der Waals surface area (Å²) in [6.45, 7) is 10.1. The summed E-state index contributed by atoms with van der Waals surface area (Å²) in [5, 5.41) is 2.83. The van der Waals surface area contributed by atoms with E-state index in [1.807, 2.05) is 6.92 Å². The fourth-order valence-electron chi connectivity index (χ4n) is 5.31. The minimum atomic E-state index is 0.0104. The van der Waals surface area contributed by atoms with Crippen molar-refractivity contribution in [2.75, 3.05) is 13.2 Å². The Kier molecular flexibility index (Phi) is 41.0. The molecule has 0 rings (SSSR count). The van der Waals surface area contributed by atoms with Crippen LogP contribution >= 0.6 is 0 Å². The zero-order valence-electron chi connectivity index (χ0n) is 29.4. The molecule has 0 spiro atoms. The summed E-state index contributed by atoms with van der Waals surface area (Å²) in [4.78, 5) is 22.7. The van der Waals surface area contributed by atoms with Gasteiger partial charge in [0.15, 0.2) is 0 Å². The second-order valence-corrected chi connectivity index (χ2v) is 12.5. The van der Waals surface area contributed by atoms with Gasteiger partial charge in [-0.25, -0.2) is 0 Å². The van der Waals surface area contributed by atoms with Gasteiger partial charge in [0, 0.05) is 19.4 Å². The zero-order valence-corrected chi connectivity index (χ0v) is 29.4. The van der Waals surface area contributed by atoms with Gasteiger partial charge < -0.3 is 10.1 Å². The van der Waals surface area contributed by atoms with Gasteiger partial charge in [-0.1, -0.05) is 181 Å². The van der Waals surface area contributed by atoms with Crippen molar-refractivity contribution in [3.63, 3.8) is 0 Å². The molecule has 252 valence electrons. The first-order chi connectivity index (χ1) is 20.6. The van der Waals surface area contributed by atoms with Crippen LogP contribution in [0.15, 0.2) is 0 Å². The van der Waals surface area contributed by atoms with E-state index < -0.39 is 0 Å². The van der Waals surface area contributed by atoms with Gasteiger partial charge in [0.05, 0.1) is 6.61 Å². The lowest BCUT2D eigenvalue weighted by atomic mass is 10.0. The van der Waals surface area contributed by atoms with Crippen molar-refractivity contribution < 1.29 is 14.3 Å². The largest absolute Gasteiger partial charge is 0.466 e. The van der Waals surface area contributed by atoms with Crippen LogP contribution in [0.5, 0.6) is 0 Å². The highest BCUT2D eigenvalue weighted by Gasteiger charge is 2.02. The molecule has 0 aliphatic carbocycles. The number of rotatable bonds is 32. The quantitative estimate of drug-likeness (QED) is 0.0621. The molecule has 0 radical (unpaired) electrons. The number of ether oxygens (including phenoxy) is 1. The standard InChI is InChI=1S/C24H48O2.C14H29NO/c1-3-5-7-9-10-11-12-13-14-15-16-17-18-19-20-22-24(25)26-23-21-8-6-4-2;1-3-5-6-7-8-9-10-11-12-13-14(16)15-4-2/h3-23H2,1-2H3;3-13H2,1-2H3,(H,15,16). The maximum absolute atomic E-state index is 11.6. The Balaban J connectivity index is 0. The molecule has 0 aromatic carbocycles. The van der Waals surface area contributed by atoms with E-state index in [0.29, 0.717) is 19.4 Å². The summed E-state index contributed by atoms with van der Waals surface area (Å²) in [6, 6.07) is 0. The normalized spacial score (nSPS) is 10.8. The van der Waals surface area contributed by atoms with Gasteiger partial charge in [-0.2, -0.15) is 0 Å². The van der Waals surface area contributed by atoms with Crippen molar-refractivity contribution in [1.29, 1.82) is 0 Å². The molecule has 0 bridgehead atoms. The zero-order chi connectivity index (χ0) is 31.2. The topological polar surface area (TPSA) is 55.4 Å². The summed E-state index contributed by atoms with van der Waals surface area (Å²) in [5.41, 5.74) is 0. The van der Waals surface area contributed by atoms with E-state index in [0.717, 1.165) is 25.8 Å². The van der Waals surface area contributed by atoms with Crippen molar-refractivity contribution >= 4 is 11.9 Å². The van der Waals surface area contributed by atoms with Crippen molar-refractivity contribution in [2.45, 2.75) is 220 Å². The van der Waals surface area contributed by atoms with Crippen LogP contribution in [0.4, 0.5) is 0 Å². The fourth-order valence-corrected chi connectivity index (χ4v) is 5.31. The molecule has 0 saturated heterocycles. The van der Waals surface area contributed by atoms with Crippen molar-refractivity contribution in [3.05, 3.63) is 0 Å². The van der Waals surface area contributed by atoms with E-state index in [1.165, 1.54) is 161 Å². The van der Waals surface area contributed by atoms with E-state index in [4.69, 9.17) is 4.74 Å². The molecule has 42 heavy (non-hydrogen) atoms. The Morgan fingerprint density at radius 3 is 1.07 bits per heavy atom. The average Bonchev–Trinajstić information content (AvgIpc) is 2.98. The smallest absolute Gasteiger partial charge is 0.305 e. The van der Waals surface area contributed by atoms with Gasteiger partial charge in [-0.15, -0.1) is 0 Å². The highest BCUT2D eigenvalue weighted by molar-refractivity contribution is 5.75. The first kappa shape index (κ1) is 43.1. The number of hydrogen-bond donors (Lipinski definition) is 1. The monoisotopic (exact) mass is 596 g/mol. The van der Waals surface area contributed by atoms with E-state index in [2.05, 4.69) is 26.1 Å². The second kappa shape index (κ2) is 39.9. The highest BCUT2D eigenvalue weighted by Crippen LogP contribution is 2.14. The molecule has 0 aliphatic rings. The number of carbonyl (C=O) groups excluding carboxylic acids is 2. The van der Waals surface area contributed by atoms with Gasteiger partial charge in [-0.3, -0.25) is 9.59 Å². The van der Waals surface area contributed by atoms with Crippen LogP contribution in [0.25, 0.3) is 0 Å². The number of amides is 1. The second-order valence-electron chi connectivity index (χ2n) is 12.5. The molecule has 0 unspecified atom stereocenters. The van der Waals surface area contributed by atoms with E-state index in [1.54, 1.807) is 0 Å². The Morgan fingerprint density at radius 2 is 0.714 bits per heavy atom. The van der Waals surface area contributed by atoms with Gasteiger partial charge in [-0.05, 0) is 26.2 Å². The number of carbonyl (C=O) groups is 2. The third kappa shape index (κ3) is 41.1. The fraction of sp³-hybridized carbons (Fsp3) is 0.947. The number of unbranched alkanes of at least 4 members (excludes halogenated alkanes) is 25. The van der Waals surface area contributed by atoms with E-state index in [9.17, 15) is 9.59 Å². The molecule has 4 heteroatoms. The maximum Gasteiger partial charge on any atom is 0.305 e. The molecule has 0 aromatic rings. The third-order valence-electron chi connectivity index (χ3n) is 8.13. The molecule has 0 aromatic heterocycles. The molecule has 0 saturated carbocycles. The van der Waals surface area contributed by atoms with Crippen LogP contribution in [-0.2, 0) is 14.3 Å². The van der Waals surface area contributed by atoms with Crippen LogP contribution in [0, 0.1) is 0 Å². The van der Waals surface area contributed by atoms with E-state index in [-0.39, 0.29) is 11.9 Å². The van der Waals surface area contributed by atoms with E-state index >= 15 is 0 Å². The van der Waals surface area contributed by atoms with Gasteiger partial charge in [0.2, 0.25) is 5.91 Å². The van der Waals surface area contributed by atoms with Gasteiger partial charge in [0.25, 0.3) is 0 Å². The van der Waals surface area contributed by atoms with Gasteiger partial charge in [0.1, 0.15) is 0 Å². The summed E-state index contributed by atoms with van der Waals surface area (Å²) in [6.07, 6.45) is 38.2. The number of hydrogen-bond acceptors (Lipinski definition) is 3. The summed E-state index contributed by atoms with van der Waals surface area (Å²) in [7, 11) is 0. The van der Waals surface area contributed by atoms with Crippen molar-refractivity contribution in [2.24, 2.45) is 0 Å². The number of nitrogens with one attached hydrogen (secondary N) is 1. The molecule has 0 heterocycles. The Bertz CT molecular complexity index is 522. The SMILES string of the molecule is CCCCCCCCCCCC(=O)NCC.CCCCCCCCCCCCCCCCCC(=O)OCCCCCC. The summed E-state index contributed by atoms with van der Waals surface area (Å²) < 4.78 is 5.27. The lowest BCUT2D eigenvalue weighted by Crippen LogP contribution is -2.21. The highest BCUT2D eigenvalue weighted by atomic mass is 16.5. The number of esters is 1.